The maximum atomic E-state index is 11.3. The predicted octanol–water partition coefficient (Wildman–Crippen LogP) is 8.04. The third-order valence-electron chi connectivity index (χ3n) is 9.19. The molecule has 1 saturated carbocycles. The van der Waals surface area contributed by atoms with Gasteiger partial charge in [-0.1, -0.05) is 50.5 Å². The lowest BCUT2D eigenvalue weighted by Gasteiger charge is -2.57. The first kappa shape index (κ1) is 30.3. The SMILES string of the molecule is CC1=CC[C@H]2C(C)(C)CCC[C@]2(C)[C@H]1CC/C(=C\OS(=O)(=O)O)CCC/C(C)=C/Cc1cc(O)ccc1O. The molecule has 1 fully saturated rings. The highest BCUT2D eigenvalue weighted by Gasteiger charge is 2.51. The van der Waals surface area contributed by atoms with Crippen molar-refractivity contribution in [2.75, 3.05) is 0 Å². The molecule has 3 rings (SSSR count). The van der Waals surface area contributed by atoms with Crippen LogP contribution in [0.25, 0.3) is 0 Å². The van der Waals surface area contributed by atoms with E-state index in [2.05, 4.69) is 33.8 Å². The first-order valence-electron chi connectivity index (χ1n) is 13.9. The van der Waals surface area contributed by atoms with Crippen molar-refractivity contribution in [1.82, 2.24) is 0 Å². The molecule has 0 spiro atoms. The lowest BCUT2D eigenvalue weighted by atomic mass is 9.48. The van der Waals surface area contributed by atoms with E-state index in [-0.39, 0.29) is 16.9 Å². The first-order chi connectivity index (χ1) is 17.7. The van der Waals surface area contributed by atoms with Gasteiger partial charge in [-0.15, -0.1) is 0 Å². The second kappa shape index (κ2) is 12.3. The number of rotatable bonds is 11. The molecule has 38 heavy (non-hydrogen) atoms. The summed E-state index contributed by atoms with van der Waals surface area (Å²) < 4.78 is 36.4. The van der Waals surface area contributed by atoms with E-state index in [4.69, 9.17) is 8.74 Å². The quantitative estimate of drug-likeness (QED) is 0.112. The molecule has 1 aromatic carbocycles. The number of benzene rings is 1. The number of phenolic OH excluding ortho intramolecular Hbond substituents is 2. The maximum Gasteiger partial charge on any atom is 0.445 e. The Labute approximate surface area is 229 Å². The monoisotopic (exact) mass is 546 g/mol. The zero-order chi connectivity index (χ0) is 28.1. The van der Waals surface area contributed by atoms with E-state index in [9.17, 15) is 18.6 Å². The minimum atomic E-state index is -4.55. The average molecular weight is 547 g/mol. The van der Waals surface area contributed by atoms with Gasteiger partial charge < -0.3 is 14.4 Å². The van der Waals surface area contributed by atoms with Crippen molar-refractivity contribution in [3.63, 3.8) is 0 Å². The van der Waals surface area contributed by atoms with Crippen LogP contribution in [0.5, 0.6) is 11.5 Å². The summed E-state index contributed by atoms with van der Waals surface area (Å²) in [6.07, 6.45) is 15.0. The van der Waals surface area contributed by atoms with Crippen LogP contribution in [0, 0.1) is 22.7 Å². The van der Waals surface area contributed by atoms with Crippen LogP contribution in [-0.4, -0.2) is 23.2 Å². The van der Waals surface area contributed by atoms with Gasteiger partial charge >= 0.3 is 10.4 Å². The van der Waals surface area contributed by atoms with Gasteiger partial charge in [0.1, 0.15) is 17.8 Å². The van der Waals surface area contributed by atoms with Gasteiger partial charge in [0.05, 0.1) is 0 Å². The first-order valence-corrected chi connectivity index (χ1v) is 15.2. The molecule has 0 bridgehead atoms. The van der Waals surface area contributed by atoms with Crippen molar-refractivity contribution in [1.29, 1.82) is 0 Å². The zero-order valence-electron chi connectivity index (χ0n) is 23.7. The highest BCUT2D eigenvalue weighted by atomic mass is 32.3. The standard InChI is InChI=1S/C31H46O6S/c1-22(10-13-25-20-26(32)14-16-28(25)33)8-6-9-24(21-37-38(34,35)36)12-15-27-23(2)11-17-29-30(3,4)18-7-19-31(27,29)5/h10-11,14,16,20-21,27,29,32-33H,6-9,12-13,15,17-19H2,1-5H3,(H,34,35,36)/b22-10+,24-21-/t27-,29-,31+/m0/s1. The number of hydrogen-bond acceptors (Lipinski definition) is 5. The van der Waals surface area contributed by atoms with Gasteiger partial charge in [0.2, 0.25) is 0 Å². The number of aromatic hydroxyl groups is 2. The van der Waals surface area contributed by atoms with Gasteiger partial charge in [0.15, 0.2) is 0 Å². The van der Waals surface area contributed by atoms with Gasteiger partial charge in [-0.25, -0.2) is 0 Å². The molecular formula is C31H46O6S. The van der Waals surface area contributed by atoms with E-state index in [0.717, 1.165) is 36.8 Å². The van der Waals surface area contributed by atoms with Gasteiger partial charge in [-0.2, -0.15) is 8.42 Å². The maximum absolute atomic E-state index is 11.3. The van der Waals surface area contributed by atoms with Crippen LogP contribution in [-0.2, 0) is 21.0 Å². The van der Waals surface area contributed by atoms with Crippen LogP contribution >= 0.6 is 0 Å². The normalized spacial score (nSPS) is 26.0. The Kier molecular flexibility index (Phi) is 9.80. The van der Waals surface area contributed by atoms with E-state index < -0.39 is 10.4 Å². The predicted molar refractivity (Wildman–Crippen MR) is 152 cm³/mol. The van der Waals surface area contributed by atoms with Gasteiger partial charge in [-0.3, -0.25) is 4.55 Å². The van der Waals surface area contributed by atoms with Gasteiger partial charge in [-0.05, 0) is 118 Å². The molecule has 2 aliphatic carbocycles. The van der Waals surface area contributed by atoms with Crippen LogP contribution in [0.3, 0.4) is 0 Å². The number of phenols is 2. The summed E-state index contributed by atoms with van der Waals surface area (Å²) >= 11 is 0. The Morgan fingerprint density at radius 2 is 1.87 bits per heavy atom. The minimum absolute atomic E-state index is 0.123. The molecule has 0 heterocycles. The molecule has 6 nitrogen and oxygen atoms in total. The number of hydrogen-bond donors (Lipinski definition) is 3. The summed E-state index contributed by atoms with van der Waals surface area (Å²) in [7, 11) is -4.55. The van der Waals surface area contributed by atoms with E-state index in [0.29, 0.717) is 42.1 Å². The Bertz CT molecular complexity index is 1180. The Morgan fingerprint density at radius 1 is 1.13 bits per heavy atom. The molecule has 2 aliphatic rings. The fourth-order valence-corrected chi connectivity index (χ4v) is 7.37. The van der Waals surface area contributed by atoms with Crippen molar-refractivity contribution < 1.29 is 27.4 Å². The van der Waals surface area contributed by atoms with E-state index in [1.807, 2.05) is 13.0 Å². The number of allylic oxidation sites excluding steroid dienone is 5. The van der Waals surface area contributed by atoms with Crippen LogP contribution in [0.15, 0.2) is 53.3 Å². The topological polar surface area (TPSA) is 104 Å². The summed E-state index contributed by atoms with van der Waals surface area (Å²) in [6, 6.07) is 4.51. The Morgan fingerprint density at radius 3 is 2.58 bits per heavy atom. The van der Waals surface area contributed by atoms with Gasteiger partial charge in [0.25, 0.3) is 0 Å². The summed E-state index contributed by atoms with van der Waals surface area (Å²) in [5.74, 6) is 1.35. The highest BCUT2D eigenvalue weighted by Crippen LogP contribution is 2.60. The molecular weight excluding hydrogens is 500 g/mol. The molecule has 7 heteroatoms. The summed E-state index contributed by atoms with van der Waals surface area (Å²) in [5, 5.41) is 19.7. The molecule has 1 aromatic rings. The molecule has 0 saturated heterocycles. The highest BCUT2D eigenvalue weighted by molar-refractivity contribution is 7.81. The summed E-state index contributed by atoms with van der Waals surface area (Å²) in [6.45, 7) is 11.5. The lowest BCUT2D eigenvalue weighted by molar-refractivity contribution is -0.0390. The van der Waals surface area contributed by atoms with Crippen LogP contribution in [0.2, 0.25) is 0 Å². The van der Waals surface area contributed by atoms with E-state index >= 15 is 0 Å². The minimum Gasteiger partial charge on any atom is -0.508 e. The molecule has 0 aromatic heterocycles. The molecule has 3 atom stereocenters. The third-order valence-corrected chi connectivity index (χ3v) is 9.53. The average Bonchev–Trinajstić information content (AvgIpc) is 2.81. The second-order valence-electron chi connectivity index (χ2n) is 12.4. The molecule has 0 unspecified atom stereocenters. The zero-order valence-corrected chi connectivity index (χ0v) is 24.5. The van der Waals surface area contributed by atoms with Crippen LogP contribution < -0.4 is 0 Å². The number of fused-ring (bicyclic) bond motifs is 1. The van der Waals surface area contributed by atoms with Crippen LogP contribution in [0.1, 0.15) is 98.0 Å². The molecule has 3 N–H and O–H groups in total. The summed E-state index contributed by atoms with van der Waals surface area (Å²) in [4.78, 5) is 0. The Balaban J connectivity index is 1.65. The third kappa shape index (κ3) is 7.89. The van der Waals surface area contributed by atoms with Crippen molar-refractivity contribution in [3.8, 4) is 11.5 Å². The summed E-state index contributed by atoms with van der Waals surface area (Å²) in [5.41, 5.74) is 4.68. The van der Waals surface area contributed by atoms with Crippen LogP contribution in [0.4, 0.5) is 0 Å². The molecule has 0 amide bonds. The molecule has 0 aliphatic heterocycles. The molecule has 212 valence electrons. The fraction of sp³-hybridized carbons (Fsp3) is 0.613. The van der Waals surface area contributed by atoms with Gasteiger partial charge in [0, 0.05) is 5.56 Å². The van der Waals surface area contributed by atoms with Crippen molar-refractivity contribution >= 4 is 10.4 Å². The van der Waals surface area contributed by atoms with Crippen molar-refractivity contribution in [2.45, 2.75) is 98.8 Å². The largest absolute Gasteiger partial charge is 0.508 e. The van der Waals surface area contributed by atoms with Crippen molar-refractivity contribution in [2.24, 2.45) is 22.7 Å². The fourth-order valence-electron chi connectivity index (χ4n) is 7.11. The Hall–Kier alpha value is -2.25. The van der Waals surface area contributed by atoms with Crippen molar-refractivity contribution in [3.05, 3.63) is 58.9 Å². The second-order valence-corrected chi connectivity index (χ2v) is 13.4. The molecule has 0 radical (unpaired) electrons. The lowest BCUT2D eigenvalue weighted by Crippen LogP contribution is -2.48. The van der Waals surface area contributed by atoms with E-state index in [1.165, 1.54) is 43.2 Å². The smallest absolute Gasteiger partial charge is 0.445 e. The van der Waals surface area contributed by atoms with E-state index in [1.54, 1.807) is 6.07 Å².